The zero-order valence-electron chi connectivity index (χ0n) is 15.3. The summed E-state index contributed by atoms with van der Waals surface area (Å²) in [6.07, 6.45) is 3.22. The summed E-state index contributed by atoms with van der Waals surface area (Å²) in [6, 6.07) is 8.57. The van der Waals surface area contributed by atoms with Crippen LogP contribution in [0.3, 0.4) is 0 Å². The Kier molecular flexibility index (Phi) is 13.4. The lowest BCUT2D eigenvalue weighted by Crippen LogP contribution is -2.39. The Hall–Kier alpha value is -0.530. The van der Waals surface area contributed by atoms with E-state index in [9.17, 15) is 0 Å². The second kappa shape index (κ2) is 13.7. The van der Waals surface area contributed by atoms with Gasteiger partial charge in [-0.15, -0.1) is 24.0 Å². The summed E-state index contributed by atoms with van der Waals surface area (Å²) in [5.74, 6) is 0.856. The van der Waals surface area contributed by atoms with Gasteiger partial charge >= 0.3 is 0 Å². The van der Waals surface area contributed by atoms with Crippen LogP contribution in [0.1, 0.15) is 32.3 Å². The molecule has 1 aromatic rings. The number of nitrogens with zero attached hydrogens (tertiary/aromatic N) is 2. The molecule has 0 radical (unpaired) electrons. The molecule has 0 aliphatic carbocycles. The molecule has 0 heterocycles. The van der Waals surface area contributed by atoms with Gasteiger partial charge < -0.3 is 15.5 Å². The molecule has 0 saturated heterocycles. The predicted octanol–water partition coefficient (Wildman–Crippen LogP) is 3.79. The van der Waals surface area contributed by atoms with E-state index in [-0.39, 0.29) is 24.0 Å². The van der Waals surface area contributed by atoms with E-state index < -0.39 is 0 Å². The first-order valence-corrected chi connectivity index (χ1v) is 8.80. The number of hydrogen-bond donors (Lipinski definition) is 2. The molecule has 0 bridgehead atoms. The molecular weight excluding hydrogens is 435 g/mol. The van der Waals surface area contributed by atoms with Crippen molar-refractivity contribution in [3.63, 3.8) is 0 Å². The first kappa shape index (κ1) is 23.5. The lowest BCUT2D eigenvalue weighted by Gasteiger charge is -2.20. The van der Waals surface area contributed by atoms with E-state index in [0.717, 1.165) is 49.0 Å². The van der Waals surface area contributed by atoms with Gasteiger partial charge in [0.05, 0.1) is 0 Å². The van der Waals surface area contributed by atoms with E-state index in [0.29, 0.717) is 6.04 Å². The normalized spacial score (nSPS) is 11.5. The molecule has 6 heteroatoms. The van der Waals surface area contributed by atoms with E-state index >= 15 is 0 Å². The van der Waals surface area contributed by atoms with Gasteiger partial charge in [-0.3, -0.25) is 4.99 Å². The first-order valence-electron chi connectivity index (χ1n) is 8.42. The van der Waals surface area contributed by atoms with E-state index in [1.807, 2.05) is 18.2 Å². The van der Waals surface area contributed by atoms with Crippen LogP contribution in [0, 0.1) is 0 Å². The Balaban J connectivity index is 0.00000529. The van der Waals surface area contributed by atoms with Gasteiger partial charge in [0.2, 0.25) is 0 Å². The number of hydrogen-bond acceptors (Lipinski definition) is 2. The van der Waals surface area contributed by atoms with Gasteiger partial charge in [-0.2, -0.15) is 0 Å². The number of unbranched alkanes of at least 4 members (excludes halogenated alkanes) is 1. The third-order valence-corrected chi connectivity index (χ3v) is 4.35. The van der Waals surface area contributed by atoms with Crippen molar-refractivity contribution in [2.45, 2.75) is 39.2 Å². The van der Waals surface area contributed by atoms with Gasteiger partial charge in [-0.25, -0.2) is 0 Å². The summed E-state index contributed by atoms with van der Waals surface area (Å²) in [6.45, 7) is 7.35. The monoisotopic (exact) mass is 466 g/mol. The van der Waals surface area contributed by atoms with Crippen LogP contribution < -0.4 is 10.6 Å². The number of aliphatic imine (C=N–C) groups is 1. The average Bonchev–Trinajstić information content (AvgIpc) is 2.54. The standard InChI is InChI=1S/C18H31ClN4.HI/c1-15(2)23(4)14-8-7-12-21-18(20-3)22-13-11-16-9-5-6-10-17(16)19;/h5-6,9-10,15H,7-8,11-14H2,1-4H3,(H2,20,21,22);1H. The molecule has 0 saturated carbocycles. The minimum absolute atomic E-state index is 0. The molecule has 0 spiro atoms. The molecule has 0 aromatic heterocycles. The van der Waals surface area contributed by atoms with Crippen LogP contribution >= 0.6 is 35.6 Å². The van der Waals surface area contributed by atoms with Gasteiger partial charge in [0.25, 0.3) is 0 Å². The summed E-state index contributed by atoms with van der Waals surface area (Å²) in [4.78, 5) is 6.63. The average molecular weight is 467 g/mol. The molecule has 0 aliphatic rings. The van der Waals surface area contributed by atoms with Crippen LogP contribution in [-0.2, 0) is 6.42 Å². The van der Waals surface area contributed by atoms with Crippen molar-refractivity contribution >= 4 is 41.5 Å². The molecule has 138 valence electrons. The third kappa shape index (κ3) is 9.69. The number of benzene rings is 1. The van der Waals surface area contributed by atoms with Gasteiger partial charge in [-0.05, 0) is 58.3 Å². The quantitative estimate of drug-likeness (QED) is 0.252. The lowest BCUT2D eigenvalue weighted by atomic mass is 10.1. The molecule has 0 unspecified atom stereocenters. The van der Waals surface area contributed by atoms with E-state index in [4.69, 9.17) is 11.6 Å². The Bertz CT molecular complexity index is 480. The van der Waals surface area contributed by atoms with Gasteiger partial charge in [0, 0.05) is 31.2 Å². The molecule has 0 aliphatic heterocycles. The van der Waals surface area contributed by atoms with Crippen molar-refractivity contribution in [1.29, 1.82) is 0 Å². The number of guanidine groups is 1. The van der Waals surface area contributed by atoms with Gasteiger partial charge in [-0.1, -0.05) is 29.8 Å². The van der Waals surface area contributed by atoms with Gasteiger partial charge in [0.1, 0.15) is 0 Å². The van der Waals surface area contributed by atoms with Crippen LogP contribution in [0.5, 0.6) is 0 Å². The molecule has 24 heavy (non-hydrogen) atoms. The molecule has 1 rings (SSSR count). The van der Waals surface area contributed by atoms with Crippen LogP contribution in [-0.4, -0.2) is 50.6 Å². The lowest BCUT2D eigenvalue weighted by molar-refractivity contribution is 0.268. The maximum atomic E-state index is 6.16. The minimum Gasteiger partial charge on any atom is -0.356 e. The second-order valence-electron chi connectivity index (χ2n) is 6.05. The summed E-state index contributed by atoms with van der Waals surface area (Å²) in [7, 11) is 3.98. The SMILES string of the molecule is CN=C(NCCCCN(C)C(C)C)NCCc1ccccc1Cl.I. The fourth-order valence-electron chi connectivity index (χ4n) is 2.19. The summed E-state index contributed by atoms with van der Waals surface area (Å²) in [5, 5.41) is 7.52. The molecule has 0 atom stereocenters. The van der Waals surface area contributed by atoms with E-state index in [2.05, 4.69) is 47.5 Å². The van der Waals surface area contributed by atoms with Crippen LogP contribution in [0.2, 0.25) is 5.02 Å². The highest BCUT2D eigenvalue weighted by molar-refractivity contribution is 14.0. The molecule has 2 N–H and O–H groups in total. The molecule has 4 nitrogen and oxygen atoms in total. The van der Waals surface area contributed by atoms with Crippen molar-refractivity contribution in [2.24, 2.45) is 4.99 Å². The van der Waals surface area contributed by atoms with Crippen LogP contribution in [0.15, 0.2) is 29.3 Å². The van der Waals surface area contributed by atoms with Crippen molar-refractivity contribution in [1.82, 2.24) is 15.5 Å². The Morgan fingerprint density at radius 3 is 2.46 bits per heavy atom. The molecule has 1 aromatic carbocycles. The number of nitrogens with one attached hydrogen (secondary N) is 2. The zero-order valence-corrected chi connectivity index (χ0v) is 18.4. The minimum atomic E-state index is 0. The van der Waals surface area contributed by atoms with Crippen molar-refractivity contribution in [3.05, 3.63) is 34.9 Å². The summed E-state index contributed by atoms with van der Waals surface area (Å²) >= 11 is 6.16. The van der Waals surface area contributed by atoms with Crippen molar-refractivity contribution < 1.29 is 0 Å². The Morgan fingerprint density at radius 2 is 1.83 bits per heavy atom. The second-order valence-corrected chi connectivity index (χ2v) is 6.46. The highest BCUT2D eigenvalue weighted by Gasteiger charge is 2.03. The fraction of sp³-hybridized carbons (Fsp3) is 0.611. The molecular formula is C18H32ClIN4. The van der Waals surface area contributed by atoms with Crippen LogP contribution in [0.4, 0.5) is 0 Å². The number of halogens is 2. The summed E-state index contributed by atoms with van der Waals surface area (Å²) in [5.41, 5.74) is 1.16. The topological polar surface area (TPSA) is 39.7 Å². The van der Waals surface area contributed by atoms with Crippen LogP contribution in [0.25, 0.3) is 0 Å². The molecule has 0 fully saturated rings. The largest absolute Gasteiger partial charge is 0.356 e. The predicted molar refractivity (Wildman–Crippen MR) is 117 cm³/mol. The Labute approximate surface area is 169 Å². The molecule has 0 amide bonds. The highest BCUT2D eigenvalue weighted by atomic mass is 127. The third-order valence-electron chi connectivity index (χ3n) is 3.98. The zero-order chi connectivity index (χ0) is 17.1. The number of rotatable bonds is 9. The Morgan fingerprint density at radius 1 is 1.17 bits per heavy atom. The van der Waals surface area contributed by atoms with E-state index in [1.165, 1.54) is 6.42 Å². The van der Waals surface area contributed by atoms with Crippen molar-refractivity contribution in [2.75, 3.05) is 33.7 Å². The fourth-order valence-corrected chi connectivity index (χ4v) is 2.42. The van der Waals surface area contributed by atoms with Crippen molar-refractivity contribution in [3.8, 4) is 0 Å². The summed E-state index contributed by atoms with van der Waals surface area (Å²) < 4.78 is 0. The maximum Gasteiger partial charge on any atom is 0.190 e. The van der Waals surface area contributed by atoms with Gasteiger partial charge in [0.15, 0.2) is 5.96 Å². The smallest absolute Gasteiger partial charge is 0.190 e. The van der Waals surface area contributed by atoms with E-state index in [1.54, 1.807) is 7.05 Å². The highest BCUT2D eigenvalue weighted by Crippen LogP contribution is 2.14. The maximum absolute atomic E-state index is 6.16. The first-order chi connectivity index (χ1) is 11.0.